The van der Waals surface area contributed by atoms with Crippen LogP contribution in [-0.4, -0.2) is 39.0 Å². The van der Waals surface area contributed by atoms with Gasteiger partial charge in [-0.1, -0.05) is 13.0 Å². The van der Waals surface area contributed by atoms with Gasteiger partial charge < -0.3 is 15.8 Å². The number of hydrogen-bond donors (Lipinski definition) is 2. The van der Waals surface area contributed by atoms with E-state index in [1.807, 2.05) is 0 Å². The molecule has 0 aliphatic heterocycles. The Labute approximate surface area is 119 Å². The van der Waals surface area contributed by atoms with E-state index >= 15 is 0 Å². The third-order valence-corrected chi connectivity index (χ3v) is 4.34. The van der Waals surface area contributed by atoms with Crippen LogP contribution >= 0.6 is 0 Å². The Hall–Kier alpha value is -1.76. The molecule has 0 saturated carbocycles. The van der Waals surface area contributed by atoms with Crippen LogP contribution < -0.4 is 15.8 Å². The highest BCUT2D eigenvalue weighted by Crippen LogP contribution is 2.14. The fourth-order valence-electron chi connectivity index (χ4n) is 1.44. The minimum atomic E-state index is -3.04. The zero-order chi connectivity index (χ0) is 15.0. The van der Waals surface area contributed by atoms with Gasteiger partial charge >= 0.3 is 0 Å². The van der Waals surface area contributed by atoms with Gasteiger partial charge in [-0.05, 0) is 12.1 Å². The van der Waals surface area contributed by atoms with E-state index in [0.29, 0.717) is 11.4 Å². The smallest absolute Gasteiger partial charge is 0.223 e. The van der Waals surface area contributed by atoms with E-state index in [1.54, 1.807) is 31.2 Å². The first-order valence-electron chi connectivity index (χ1n) is 6.38. The Bertz CT molecular complexity index is 543. The summed E-state index contributed by atoms with van der Waals surface area (Å²) in [5.41, 5.74) is 6.19. The Morgan fingerprint density at radius 3 is 2.80 bits per heavy atom. The van der Waals surface area contributed by atoms with Crippen LogP contribution in [0.2, 0.25) is 0 Å². The first-order chi connectivity index (χ1) is 9.43. The van der Waals surface area contributed by atoms with E-state index in [9.17, 15) is 13.2 Å². The van der Waals surface area contributed by atoms with Gasteiger partial charge in [-0.25, -0.2) is 8.42 Å². The molecule has 0 aliphatic rings. The first kappa shape index (κ1) is 16.3. The molecule has 3 N–H and O–H groups in total. The van der Waals surface area contributed by atoms with Crippen molar-refractivity contribution in [2.24, 2.45) is 0 Å². The number of amides is 1. The van der Waals surface area contributed by atoms with Crippen molar-refractivity contribution >= 4 is 21.4 Å². The Kier molecular flexibility index (Phi) is 6.30. The molecular formula is C13H20N2O4S. The molecule has 6 nitrogen and oxygen atoms in total. The predicted octanol–water partition coefficient (Wildman–Crippen LogP) is 0.589. The van der Waals surface area contributed by atoms with Crippen molar-refractivity contribution in [1.82, 2.24) is 5.32 Å². The number of nitrogens with two attached hydrogens (primary N) is 1. The number of carbonyl (C=O) groups excluding carboxylic acids is 1. The number of nitrogens with one attached hydrogen (secondary N) is 1. The van der Waals surface area contributed by atoms with Crippen LogP contribution in [0.1, 0.15) is 13.3 Å². The van der Waals surface area contributed by atoms with Gasteiger partial charge in [-0.3, -0.25) is 4.79 Å². The average Bonchev–Trinajstić information content (AvgIpc) is 2.38. The molecule has 0 atom stereocenters. The maximum absolute atomic E-state index is 11.5. The van der Waals surface area contributed by atoms with E-state index in [2.05, 4.69) is 5.32 Å². The molecule has 1 aromatic carbocycles. The number of rotatable bonds is 8. The summed E-state index contributed by atoms with van der Waals surface area (Å²) in [5, 5.41) is 2.55. The van der Waals surface area contributed by atoms with Gasteiger partial charge in [0.25, 0.3) is 0 Å². The van der Waals surface area contributed by atoms with Gasteiger partial charge in [-0.2, -0.15) is 0 Å². The molecule has 0 aliphatic carbocycles. The lowest BCUT2D eigenvalue weighted by Gasteiger charge is -2.07. The van der Waals surface area contributed by atoms with Gasteiger partial charge in [0.15, 0.2) is 9.84 Å². The van der Waals surface area contributed by atoms with Crippen LogP contribution in [0.25, 0.3) is 0 Å². The molecule has 20 heavy (non-hydrogen) atoms. The van der Waals surface area contributed by atoms with Crippen molar-refractivity contribution in [3.8, 4) is 5.75 Å². The molecule has 0 radical (unpaired) electrons. The SMILES string of the molecule is CCS(=O)(=O)CCNC(=O)CCOc1cccc(N)c1. The summed E-state index contributed by atoms with van der Waals surface area (Å²) >= 11 is 0. The second kappa shape index (κ2) is 7.74. The molecule has 1 aromatic rings. The zero-order valence-corrected chi connectivity index (χ0v) is 12.3. The molecule has 0 heterocycles. The van der Waals surface area contributed by atoms with E-state index < -0.39 is 9.84 Å². The summed E-state index contributed by atoms with van der Waals surface area (Å²) < 4.78 is 27.8. The van der Waals surface area contributed by atoms with Crippen LogP contribution in [0, 0.1) is 0 Å². The summed E-state index contributed by atoms with van der Waals surface area (Å²) in [5.74, 6) is 0.416. The van der Waals surface area contributed by atoms with E-state index in [1.165, 1.54) is 0 Å². The number of hydrogen-bond acceptors (Lipinski definition) is 5. The Morgan fingerprint density at radius 1 is 1.40 bits per heavy atom. The highest BCUT2D eigenvalue weighted by molar-refractivity contribution is 7.91. The summed E-state index contributed by atoms with van der Waals surface area (Å²) in [6.07, 6.45) is 0.168. The van der Waals surface area contributed by atoms with Crippen molar-refractivity contribution < 1.29 is 17.9 Å². The molecule has 112 valence electrons. The molecule has 1 amide bonds. The highest BCUT2D eigenvalue weighted by atomic mass is 32.2. The largest absolute Gasteiger partial charge is 0.493 e. The van der Waals surface area contributed by atoms with Crippen molar-refractivity contribution in [3.05, 3.63) is 24.3 Å². The zero-order valence-electron chi connectivity index (χ0n) is 11.5. The summed E-state index contributed by atoms with van der Waals surface area (Å²) in [6.45, 7) is 1.93. The summed E-state index contributed by atoms with van der Waals surface area (Å²) in [7, 11) is -3.04. The first-order valence-corrected chi connectivity index (χ1v) is 8.20. The maximum Gasteiger partial charge on any atom is 0.223 e. The summed E-state index contributed by atoms with van der Waals surface area (Å²) in [6, 6.07) is 6.93. The number of anilines is 1. The second-order valence-electron chi connectivity index (χ2n) is 4.26. The molecule has 0 aromatic heterocycles. The average molecular weight is 300 g/mol. The molecule has 7 heteroatoms. The number of benzene rings is 1. The van der Waals surface area contributed by atoms with Gasteiger partial charge in [0.2, 0.25) is 5.91 Å². The normalized spacial score (nSPS) is 11.1. The Balaban J connectivity index is 2.21. The van der Waals surface area contributed by atoms with Crippen molar-refractivity contribution in [3.63, 3.8) is 0 Å². The molecular weight excluding hydrogens is 280 g/mol. The minimum absolute atomic E-state index is 0.0364. The Morgan fingerprint density at radius 2 is 2.15 bits per heavy atom. The number of nitrogen functional groups attached to an aromatic ring is 1. The van der Waals surface area contributed by atoms with Crippen LogP contribution in [-0.2, 0) is 14.6 Å². The van der Waals surface area contributed by atoms with Gasteiger partial charge in [0.05, 0.1) is 18.8 Å². The molecule has 0 saturated heterocycles. The topological polar surface area (TPSA) is 98.5 Å². The van der Waals surface area contributed by atoms with Gasteiger partial charge in [0, 0.05) is 24.1 Å². The third kappa shape index (κ3) is 6.42. The minimum Gasteiger partial charge on any atom is -0.493 e. The van der Waals surface area contributed by atoms with Gasteiger partial charge in [-0.15, -0.1) is 0 Å². The predicted molar refractivity (Wildman–Crippen MR) is 78.3 cm³/mol. The van der Waals surface area contributed by atoms with Crippen LogP contribution in [0.4, 0.5) is 5.69 Å². The maximum atomic E-state index is 11.5. The van der Waals surface area contributed by atoms with E-state index in [0.717, 1.165) is 0 Å². The van der Waals surface area contributed by atoms with Crippen LogP contribution in [0.15, 0.2) is 24.3 Å². The van der Waals surface area contributed by atoms with Crippen LogP contribution in [0.3, 0.4) is 0 Å². The quantitative estimate of drug-likeness (QED) is 0.685. The van der Waals surface area contributed by atoms with E-state index in [-0.39, 0.29) is 37.0 Å². The lowest BCUT2D eigenvalue weighted by molar-refractivity contribution is -0.121. The second-order valence-corrected chi connectivity index (χ2v) is 6.73. The van der Waals surface area contributed by atoms with Gasteiger partial charge in [0.1, 0.15) is 5.75 Å². The van der Waals surface area contributed by atoms with Crippen LogP contribution in [0.5, 0.6) is 5.75 Å². The fraction of sp³-hybridized carbons (Fsp3) is 0.462. The molecule has 0 fully saturated rings. The number of sulfone groups is 1. The van der Waals surface area contributed by atoms with Crippen molar-refractivity contribution in [2.75, 3.05) is 30.4 Å². The molecule has 0 unspecified atom stereocenters. The molecule has 1 rings (SSSR count). The lowest BCUT2D eigenvalue weighted by atomic mass is 10.3. The number of carbonyl (C=O) groups is 1. The molecule has 0 bridgehead atoms. The van der Waals surface area contributed by atoms with Crippen molar-refractivity contribution in [1.29, 1.82) is 0 Å². The fourth-order valence-corrected chi connectivity index (χ4v) is 2.15. The summed E-state index contributed by atoms with van der Waals surface area (Å²) in [4.78, 5) is 11.5. The standard InChI is InChI=1S/C13H20N2O4S/c1-2-20(17,18)9-7-15-13(16)6-8-19-12-5-3-4-11(14)10-12/h3-5,10H,2,6-9,14H2,1H3,(H,15,16). The van der Waals surface area contributed by atoms with E-state index in [4.69, 9.17) is 10.5 Å². The number of ether oxygens (including phenoxy) is 1. The lowest BCUT2D eigenvalue weighted by Crippen LogP contribution is -2.30. The van der Waals surface area contributed by atoms with Crippen molar-refractivity contribution in [2.45, 2.75) is 13.3 Å². The highest BCUT2D eigenvalue weighted by Gasteiger charge is 2.08. The third-order valence-electron chi connectivity index (χ3n) is 2.63. The molecule has 0 spiro atoms. The monoisotopic (exact) mass is 300 g/mol.